The number of phenols is 1. The Bertz CT molecular complexity index is 552. The molecule has 8 nitrogen and oxygen atoms in total. The van der Waals surface area contributed by atoms with Crippen LogP contribution in [-0.2, 0) is 20.9 Å². The first-order valence-corrected chi connectivity index (χ1v) is 8.22. The third-order valence-electron chi connectivity index (χ3n) is 3.47. The number of nitrogens with one attached hydrogen (secondary N) is 1. The molecule has 0 bridgehead atoms. The van der Waals surface area contributed by atoms with Crippen LogP contribution in [0.1, 0.15) is 12.0 Å². The summed E-state index contributed by atoms with van der Waals surface area (Å²) in [5.74, 6) is -3.35. The van der Waals surface area contributed by atoms with E-state index >= 15 is 0 Å². The fourth-order valence-corrected chi connectivity index (χ4v) is 2.37. The lowest BCUT2D eigenvalue weighted by Gasteiger charge is -2.26. The number of carboxylic acids is 2. The highest BCUT2D eigenvalue weighted by molar-refractivity contribution is 6.30. The molecule has 140 valence electrons. The number of ether oxygens (including phenoxy) is 1. The van der Waals surface area contributed by atoms with Gasteiger partial charge in [0, 0.05) is 30.2 Å². The number of rotatable bonds is 6. The summed E-state index contributed by atoms with van der Waals surface area (Å²) >= 11 is 5.90. The minimum atomic E-state index is -1.82. The molecule has 0 aromatic heterocycles. The van der Waals surface area contributed by atoms with Gasteiger partial charge in [0.05, 0.1) is 13.2 Å². The molecule has 1 aromatic carbocycles. The first-order valence-electron chi connectivity index (χ1n) is 7.84. The quantitative estimate of drug-likeness (QED) is 0.430. The van der Waals surface area contributed by atoms with E-state index in [1.54, 1.807) is 18.2 Å². The zero-order valence-electron chi connectivity index (χ0n) is 13.8. The summed E-state index contributed by atoms with van der Waals surface area (Å²) in [5.41, 5.74) is 0.846. The average molecular weight is 375 g/mol. The van der Waals surface area contributed by atoms with Gasteiger partial charge in [0.15, 0.2) is 0 Å². The molecular weight excluding hydrogens is 352 g/mol. The number of hydrogen-bond donors (Lipinski definition) is 4. The number of benzene rings is 1. The van der Waals surface area contributed by atoms with Crippen LogP contribution in [-0.4, -0.2) is 71.6 Å². The van der Waals surface area contributed by atoms with Crippen LogP contribution in [0.5, 0.6) is 5.75 Å². The SMILES string of the molecule is O=C(O)C(=O)O.Oc1ccc(Cl)cc1CNCCCN1CCOCC1. The number of carbonyl (C=O) groups is 2. The average Bonchev–Trinajstić information content (AvgIpc) is 2.59. The highest BCUT2D eigenvalue weighted by atomic mass is 35.5. The molecule has 0 amide bonds. The standard InChI is InChI=1S/C14H21ClN2O2.C2H2O4/c15-13-2-3-14(18)12(10-13)11-16-4-1-5-17-6-8-19-9-7-17;3-1(4)2(5)6/h2-3,10,16,18H,1,4-9,11H2;(H,3,4)(H,5,6). The van der Waals surface area contributed by atoms with Gasteiger partial charge in [0.1, 0.15) is 5.75 Å². The highest BCUT2D eigenvalue weighted by Crippen LogP contribution is 2.20. The number of halogens is 1. The molecule has 2 rings (SSSR count). The number of morpholine rings is 1. The molecule has 0 aliphatic carbocycles. The second-order valence-corrected chi connectivity index (χ2v) is 5.80. The summed E-state index contributed by atoms with van der Waals surface area (Å²) in [6.07, 6.45) is 1.10. The number of carboxylic acid groups (broad SMARTS) is 2. The molecule has 0 saturated carbocycles. The molecule has 9 heteroatoms. The van der Waals surface area contributed by atoms with Crippen molar-refractivity contribution < 1.29 is 29.6 Å². The highest BCUT2D eigenvalue weighted by Gasteiger charge is 2.09. The summed E-state index contributed by atoms with van der Waals surface area (Å²) in [6, 6.07) is 5.12. The van der Waals surface area contributed by atoms with Gasteiger partial charge in [-0.05, 0) is 37.7 Å². The third-order valence-corrected chi connectivity index (χ3v) is 3.71. The van der Waals surface area contributed by atoms with Crippen molar-refractivity contribution in [1.29, 1.82) is 0 Å². The van der Waals surface area contributed by atoms with Gasteiger partial charge in [-0.15, -0.1) is 0 Å². The van der Waals surface area contributed by atoms with E-state index in [9.17, 15) is 5.11 Å². The second kappa shape index (κ2) is 11.6. The number of hydrogen-bond acceptors (Lipinski definition) is 6. The maximum atomic E-state index is 9.67. The van der Waals surface area contributed by atoms with Crippen molar-refractivity contribution >= 4 is 23.5 Å². The normalized spacial score (nSPS) is 14.4. The van der Waals surface area contributed by atoms with Crippen molar-refractivity contribution in [2.45, 2.75) is 13.0 Å². The zero-order chi connectivity index (χ0) is 18.7. The predicted molar refractivity (Wildman–Crippen MR) is 92.0 cm³/mol. The second-order valence-electron chi connectivity index (χ2n) is 5.37. The summed E-state index contributed by atoms with van der Waals surface area (Å²) < 4.78 is 5.31. The van der Waals surface area contributed by atoms with Crippen molar-refractivity contribution in [3.05, 3.63) is 28.8 Å². The fourth-order valence-electron chi connectivity index (χ4n) is 2.17. The molecule has 1 heterocycles. The van der Waals surface area contributed by atoms with Crippen LogP contribution in [0.3, 0.4) is 0 Å². The Balaban J connectivity index is 0.000000450. The Morgan fingerprint density at radius 1 is 1.20 bits per heavy atom. The lowest BCUT2D eigenvalue weighted by Crippen LogP contribution is -2.37. The van der Waals surface area contributed by atoms with Gasteiger partial charge in [-0.1, -0.05) is 11.6 Å². The Hall–Kier alpha value is -1.87. The number of aromatic hydroxyl groups is 1. The van der Waals surface area contributed by atoms with E-state index in [1.165, 1.54) is 0 Å². The molecule has 4 N–H and O–H groups in total. The first kappa shape index (κ1) is 21.2. The van der Waals surface area contributed by atoms with Crippen molar-refractivity contribution in [2.75, 3.05) is 39.4 Å². The predicted octanol–water partition coefficient (Wildman–Crippen LogP) is 1.01. The summed E-state index contributed by atoms with van der Waals surface area (Å²) in [7, 11) is 0. The van der Waals surface area contributed by atoms with Gasteiger partial charge in [0.25, 0.3) is 0 Å². The minimum absolute atomic E-state index is 0.296. The van der Waals surface area contributed by atoms with Crippen LogP contribution in [0, 0.1) is 0 Å². The molecule has 1 aromatic rings. The minimum Gasteiger partial charge on any atom is -0.508 e. The van der Waals surface area contributed by atoms with Crippen molar-refractivity contribution in [2.24, 2.45) is 0 Å². The molecule has 1 fully saturated rings. The van der Waals surface area contributed by atoms with Crippen molar-refractivity contribution in [3.8, 4) is 5.75 Å². The van der Waals surface area contributed by atoms with Crippen LogP contribution < -0.4 is 5.32 Å². The fraction of sp³-hybridized carbons (Fsp3) is 0.500. The summed E-state index contributed by atoms with van der Waals surface area (Å²) in [5, 5.41) is 28.4. The van der Waals surface area contributed by atoms with Gasteiger partial charge >= 0.3 is 11.9 Å². The van der Waals surface area contributed by atoms with Gasteiger partial charge < -0.3 is 25.4 Å². The van der Waals surface area contributed by atoms with Crippen LogP contribution in [0.4, 0.5) is 0 Å². The van der Waals surface area contributed by atoms with Crippen LogP contribution in [0.2, 0.25) is 5.02 Å². The van der Waals surface area contributed by atoms with E-state index in [0.29, 0.717) is 17.3 Å². The van der Waals surface area contributed by atoms with Gasteiger partial charge in [0.2, 0.25) is 0 Å². The monoisotopic (exact) mass is 374 g/mol. The van der Waals surface area contributed by atoms with Crippen LogP contribution >= 0.6 is 11.6 Å². The van der Waals surface area contributed by atoms with Crippen LogP contribution in [0.25, 0.3) is 0 Å². The Labute approximate surface area is 151 Å². The van der Waals surface area contributed by atoms with E-state index < -0.39 is 11.9 Å². The lowest BCUT2D eigenvalue weighted by atomic mass is 10.2. The third kappa shape index (κ3) is 9.25. The molecule has 1 aliphatic heterocycles. The summed E-state index contributed by atoms with van der Waals surface area (Å²) in [4.78, 5) is 20.6. The molecule has 1 aliphatic rings. The van der Waals surface area contributed by atoms with E-state index in [4.69, 9.17) is 36.1 Å². The molecule has 0 spiro atoms. The van der Waals surface area contributed by atoms with Gasteiger partial charge in [-0.3, -0.25) is 4.90 Å². The summed E-state index contributed by atoms with van der Waals surface area (Å²) in [6.45, 7) is 6.45. The Kier molecular flexibility index (Phi) is 9.86. The number of phenolic OH excluding ortho intramolecular Hbond substituents is 1. The van der Waals surface area contributed by atoms with Crippen molar-refractivity contribution in [3.63, 3.8) is 0 Å². The van der Waals surface area contributed by atoms with Crippen LogP contribution in [0.15, 0.2) is 18.2 Å². The molecule has 0 atom stereocenters. The van der Waals surface area contributed by atoms with Gasteiger partial charge in [-0.2, -0.15) is 0 Å². The maximum Gasteiger partial charge on any atom is 0.414 e. The van der Waals surface area contributed by atoms with E-state index in [-0.39, 0.29) is 0 Å². The van der Waals surface area contributed by atoms with E-state index in [0.717, 1.165) is 51.4 Å². The first-order chi connectivity index (χ1) is 11.9. The topological polar surface area (TPSA) is 119 Å². The molecule has 1 saturated heterocycles. The molecule has 0 radical (unpaired) electrons. The van der Waals surface area contributed by atoms with E-state index in [2.05, 4.69) is 10.2 Å². The van der Waals surface area contributed by atoms with Crippen molar-refractivity contribution in [1.82, 2.24) is 10.2 Å². The smallest absolute Gasteiger partial charge is 0.414 e. The maximum absolute atomic E-state index is 9.67. The Morgan fingerprint density at radius 2 is 1.84 bits per heavy atom. The van der Waals surface area contributed by atoms with Gasteiger partial charge in [-0.25, -0.2) is 9.59 Å². The number of aliphatic carboxylic acids is 2. The molecule has 0 unspecified atom stereocenters. The number of nitrogens with zero attached hydrogens (tertiary/aromatic N) is 1. The lowest BCUT2D eigenvalue weighted by molar-refractivity contribution is -0.159. The zero-order valence-corrected chi connectivity index (χ0v) is 14.5. The Morgan fingerprint density at radius 3 is 2.44 bits per heavy atom. The largest absolute Gasteiger partial charge is 0.508 e. The van der Waals surface area contributed by atoms with E-state index in [1.807, 2.05) is 0 Å². The molecular formula is C16H23ClN2O6. The molecule has 25 heavy (non-hydrogen) atoms.